The lowest BCUT2D eigenvalue weighted by Crippen LogP contribution is -2.33. The Balaban J connectivity index is 1.51. The zero-order valence-electron chi connectivity index (χ0n) is 13.8. The predicted octanol–water partition coefficient (Wildman–Crippen LogP) is 1.73. The van der Waals surface area contributed by atoms with Gasteiger partial charge in [-0.05, 0) is 30.9 Å². The van der Waals surface area contributed by atoms with E-state index in [0.717, 1.165) is 10.9 Å². The predicted molar refractivity (Wildman–Crippen MR) is 90.8 cm³/mol. The third-order valence-electron chi connectivity index (χ3n) is 4.25. The van der Waals surface area contributed by atoms with E-state index in [-0.39, 0.29) is 17.9 Å². The van der Waals surface area contributed by atoms with E-state index in [0.29, 0.717) is 38.2 Å². The summed E-state index contributed by atoms with van der Waals surface area (Å²) in [5.41, 5.74) is 1.29. The maximum Gasteiger partial charge on any atom is 0.251 e. The van der Waals surface area contributed by atoms with Crippen molar-refractivity contribution >= 4 is 16.8 Å². The van der Waals surface area contributed by atoms with Crippen LogP contribution in [0.3, 0.4) is 0 Å². The normalized spacial score (nSPS) is 16.4. The molecule has 2 N–H and O–H groups in total. The molecule has 0 unspecified atom stereocenters. The molecule has 1 saturated heterocycles. The van der Waals surface area contributed by atoms with Crippen LogP contribution in [-0.4, -0.2) is 36.4 Å². The highest BCUT2D eigenvalue weighted by Crippen LogP contribution is 2.21. The van der Waals surface area contributed by atoms with Crippen LogP contribution in [0.4, 0.5) is 0 Å². The first-order valence-electron chi connectivity index (χ1n) is 8.21. The highest BCUT2D eigenvalue weighted by molar-refractivity contribution is 5.79. The second kappa shape index (κ2) is 7.15. The van der Waals surface area contributed by atoms with Crippen molar-refractivity contribution in [3.63, 3.8) is 0 Å². The Morgan fingerprint density at radius 1 is 1.29 bits per heavy atom. The Hall–Kier alpha value is -2.18. The maximum absolute atomic E-state index is 12.1. The van der Waals surface area contributed by atoms with Gasteiger partial charge in [-0.2, -0.15) is 0 Å². The summed E-state index contributed by atoms with van der Waals surface area (Å²) in [6.07, 6.45) is 1.30. The number of para-hydroxylation sites is 1. The van der Waals surface area contributed by atoms with Gasteiger partial charge in [-0.3, -0.25) is 9.59 Å². The van der Waals surface area contributed by atoms with Crippen LogP contribution in [-0.2, 0) is 20.7 Å². The average Bonchev–Trinajstić information content (AvgIpc) is 2.99. The number of aromatic amines is 1. The summed E-state index contributed by atoms with van der Waals surface area (Å²) in [4.78, 5) is 26.9. The number of nitrogens with one attached hydrogen (secondary N) is 2. The molecule has 2 heterocycles. The Morgan fingerprint density at radius 3 is 2.83 bits per heavy atom. The van der Waals surface area contributed by atoms with Gasteiger partial charge in [-0.1, -0.05) is 18.2 Å². The Kier molecular flexibility index (Phi) is 4.97. The molecule has 1 aliphatic rings. The number of aryl methyl sites for hydroxylation is 1. The summed E-state index contributed by atoms with van der Waals surface area (Å²) in [6.45, 7) is 3.55. The third kappa shape index (κ3) is 4.01. The molecule has 0 bridgehead atoms. The lowest BCUT2D eigenvalue weighted by molar-refractivity contribution is -0.146. The second-order valence-corrected chi connectivity index (χ2v) is 6.14. The highest BCUT2D eigenvalue weighted by Gasteiger charge is 2.30. The molecule has 0 saturated carbocycles. The zero-order chi connectivity index (χ0) is 17.0. The van der Waals surface area contributed by atoms with E-state index >= 15 is 0 Å². The van der Waals surface area contributed by atoms with Gasteiger partial charge in [-0.25, -0.2) is 0 Å². The number of pyridine rings is 1. The molecule has 24 heavy (non-hydrogen) atoms. The fourth-order valence-electron chi connectivity index (χ4n) is 2.84. The van der Waals surface area contributed by atoms with E-state index in [4.69, 9.17) is 9.47 Å². The van der Waals surface area contributed by atoms with Crippen LogP contribution in [0, 0.1) is 0 Å². The molecule has 0 spiro atoms. The van der Waals surface area contributed by atoms with Crippen molar-refractivity contribution < 1.29 is 14.3 Å². The summed E-state index contributed by atoms with van der Waals surface area (Å²) in [7, 11) is 0. The first-order valence-corrected chi connectivity index (χ1v) is 8.21. The number of benzene rings is 1. The minimum absolute atomic E-state index is 0.0795. The molecule has 128 valence electrons. The van der Waals surface area contributed by atoms with Gasteiger partial charge in [-0.15, -0.1) is 0 Å². The lowest BCUT2D eigenvalue weighted by atomic mass is 10.1. The standard InChI is InChI=1S/C18H22N2O4/c1-18(23-10-11-24-18)8-9-19-16(21)7-6-14-12-13-4-2-3-5-15(13)20-17(14)22/h2-5,12H,6-11H2,1H3,(H,19,21)(H,20,22). The van der Waals surface area contributed by atoms with Crippen LogP contribution in [0.15, 0.2) is 35.1 Å². The lowest BCUT2D eigenvalue weighted by Gasteiger charge is -2.22. The molecular formula is C18H22N2O4. The number of carbonyl (C=O) groups is 1. The van der Waals surface area contributed by atoms with Gasteiger partial charge in [0.15, 0.2) is 5.79 Å². The number of H-pyrrole nitrogens is 1. The van der Waals surface area contributed by atoms with Crippen molar-refractivity contribution in [3.8, 4) is 0 Å². The van der Waals surface area contributed by atoms with Crippen molar-refractivity contribution in [2.75, 3.05) is 19.8 Å². The first kappa shape index (κ1) is 16.7. The van der Waals surface area contributed by atoms with Crippen LogP contribution in [0.2, 0.25) is 0 Å². The minimum atomic E-state index is -0.594. The van der Waals surface area contributed by atoms with E-state index in [1.165, 1.54) is 0 Å². The molecule has 6 nitrogen and oxygen atoms in total. The quantitative estimate of drug-likeness (QED) is 0.845. The molecule has 0 radical (unpaired) electrons. The molecule has 3 rings (SSSR count). The fourth-order valence-corrected chi connectivity index (χ4v) is 2.84. The Bertz CT molecular complexity index is 778. The van der Waals surface area contributed by atoms with Gasteiger partial charge >= 0.3 is 0 Å². The Morgan fingerprint density at radius 2 is 2.04 bits per heavy atom. The van der Waals surface area contributed by atoms with Gasteiger partial charge in [0.1, 0.15) is 0 Å². The van der Waals surface area contributed by atoms with E-state index < -0.39 is 5.79 Å². The van der Waals surface area contributed by atoms with E-state index in [1.54, 1.807) is 0 Å². The fraction of sp³-hybridized carbons (Fsp3) is 0.444. The van der Waals surface area contributed by atoms with Crippen molar-refractivity contribution in [2.24, 2.45) is 0 Å². The summed E-state index contributed by atoms with van der Waals surface area (Å²) < 4.78 is 11.0. The van der Waals surface area contributed by atoms with Crippen molar-refractivity contribution in [1.82, 2.24) is 10.3 Å². The molecule has 6 heteroatoms. The third-order valence-corrected chi connectivity index (χ3v) is 4.25. The minimum Gasteiger partial charge on any atom is -0.356 e. The number of aromatic nitrogens is 1. The molecule has 1 amide bonds. The highest BCUT2D eigenvalue weighted by atomic mass is 16.7. The topological polar surface area (TPSA) is 80.4 Å². The number of hydrogen-bond donors (Lipinski definition) is 2. The van der Waals surface area contributed by atoms with E-state index in [1.807, 2.05) is 37.3 Å². The molecule has 0 atom stereocenters. The number of amides is 1. The van der Waals surface area contributed by atoms with Crippen LogP contribution < -0.4 is 10.9 Å². The smallest absolute Gasteiger partial charge is 0.251 e. The van der Waals surface area contributed by atoms with E-state index in [2.05, 4.69) is 10.3 Å². The van der Waals surface area contributed by atoms with Crippen molar-refractivity contribution in [1.29, 1.82) is 0 Å². The van der Waals surface area contributed by atoms with Crippen LogP contribution in [0.25, 0.3) is 10.9 Å². The number of fused-ring (bicyclic) bond motifs is 1. The van der Waals surface area contributed by atoms with Gasteiger partial charge in [0, 0.05) is 30.5 Å². The molecule has 0 aliphatic carbocycles. The summed E-state index contributed by atoms with van der Waals surface area (Å²) >= 11 is 0. The monoisotopic (exact) mass is 330 g/mol. The largest absolute Gasteiger partial charge is 0.356 e. The summed E-state index contributed by atoms with van der Waals surface area (Å²) in [5, 5.41) is 3.82. The summed E-state index contributed by atoms with van der Waals surface area (Å²) in [6, 6.07) is 9.45. The van der Waals surface area contributed by atoms with Crippen LogP contribution in [0.5, 0.6) is 0 Å². The van der Waals surface area contributed by atoms with Gasteiger partial charge in [0.05, 0.1) is 13.2 Å². The second-order valence-electron chi connectivity index (χ2n) is 6.14. The van der Waals surface area contributed by atoms with Gasteiger partial charge in [0.2, 0.25) is 5.91 Å². The van der Waals surface area contributed by atoms with Crippen molar-refractivity contribution in [3.05, 3.63) is 46.2 Å². The Labute approximate surface area is 140 Å². The molecule has 2 aromatic rings. The van der Waals surface area contributed by atoms with Gasteiger partial charge < -0.3 is 19.8 Å². The van der Waals surface area contributed by atoms with Crippen LogP contribution in [0.1, 0.15) is 25.3 Å². The SMILES string of the molecule is CC1(CCNC(=O)CCc2cc3ccccc3[nH]c2=O)OCCO1. The number of rotatable bonds is 6. The molecule has 1 aromatic carbocycles. The number of carbonyl (C=O) groups excluding carboxylic acids is 1. The van der Waals surface area contributed by atoms with Crippen molar-refractivity contribution in [2.45, 2.75) is 32.0 Å². The molecular weight excluding hydrogens is 308 g/mol. The molecule has 1 aromatic heterocycles. The van der Waals surface area contributed by atoms with Crippen LogP contribution >= 0.6 is 0 Å². The number of ether oxygens (including phenoxy) is 2. The average molecular weight is 330 g/mol. The summed E-state index contributed by atoms with van der Waals surface area (Å²) in [5.74, 6) is -0.674. The first-order chi connectivity index (χ1) is 11.6. The molecule has 1 aliphatic heterocycles. The zero-order valence-corrected chi connectivity index (χ0v) is 13.8. The molecule has 1 fully saturated rings. The van der Waals surface area contributed by atoms with E-state index in [9.17, 15) is 9.59 Å². The van der Waals surface area contributed by atoms with Gasteiger partial charge in [0.25, 0.3) is 5.56 Å². The maximum atomic E-state index is 12.1. The number of hydrogen-bond acceptors (Lipinski definition) is 4.